The summed E-state index contributed by atoms with van der Waals surface area (Å²) in [6, 6.07) is 5.95. The van der Waals surface area contributed by atoms with Gasteiger partial charge in [0.05, 0.1) is 6.10 Å². The Labute approximate surface area is 165 Å². The van der Waals surface area contributed by atoms with Gasteiger partial charge in [0.15, 0.2) is 0 Å². The SMILES string of the molecule is CCOC1CCC(C2CCC3CC(c4ccc(C)c(F)c4)CCC3C2)CC1. The Bertz CT molecular complexity index is 619. The van der Waals surface area contributed by atoms with Gasteiger partial charge >= 0.3 is 0 Å². The van der Waals surface area contributed by atoms with Gasteiger partial charge in [-0.15, -0.1) is 0 Å². The van der Waals surface area contributed by atoms with Crippen molar-refractivity contribution < 1.29 is 9.13 Å². The molecule has 0 saturated heterocycles. The van der Waals surface area contributed by atoms with Gasteiger partial charge < -0.3 is 4.74 Å². The molecular formula is C25H37FO. The highest BCUT2D eigenvalue weighted by Crippen LogP contribution is 2.50. The first kappa shape index (κ1) is 19.4. The predicted octanol–water partition coefficient (Wildman–Crippen LogP) is 7.03. The molecule has 3 aliphatic rings. The molecule has 1 nitrogen and oxygen atoms in total. The van der Waals surface area contributed by atoms with Crippen molar-refractivity contribution in [2.24, 2.45) is 23.7 Å². The number of fused-ring (bicyclic) bond motifs is 1. The molecule has 0 radical (unpaired) electrons. The van der Waals surface area contributed by atoms with E-state index < -0.39 is 0 Å². The molecule has 150 valence electrons. The second kappa shape index (κ2) is 8.64. The van der Waals surface area contributed by atoms with Gasteiger partial charge in [-0.05, 0) is 125 Å². The molecule has 4 atom stereocenters. The highest BCUT2D eigenvalue weighted by atomic mass is 19.1. The zero-order chi connectivity index (χ0) is 18.8. The fourth-order valence-corrected chi connectivity index (χ4v) is 6.48. The molecule has 3 saturated carbocycles. The summed E-state index contributed by atoms with van der Waals surface area (Å²) >= 11 is 0. The van der Waals surface area contributed by atoms with Crippen molar-refractivity contribution >= 4 is 0 Å². The van der Waals surface area contributed by atoms with Crippen LogP contribution in [0.15, 0.2) is 18.2 Å². The van der Waals surface area contributed by atoms with Crippen LogP contribution in [0.1, 0.15) is 88.2 Å². The molecule has 27 heavy (non-hydrogen) atoms. The molecule has 4 rings (SSSR count). The third kappa shape index (κ3) is 4.42. The number of hydrogen-bond acceptors (Lipinski definition) is 1. The largest absolute Gasteiger partial charge is 0.379 e. The Morgan fingerprint density at radius 3 is 2.19 bits per heavy atom. The third-order valence-corrected chi connectivity index (χ3v) is 8.11. The van der Waals surface area contributed by atoms with Crippen LogP contribution in [-0.2, 0) is 4.74 Å². The molecular weight excluding hydrogens is 335 g/mol. The van der Waals surface area contributed by atoms with E-state index >= 15 is 0 Å². The summed E-state index contributed by atoms with van der Waals surface area (Å²) in [5, 5.41) is 0. The minimum atomic E-state index is -0.0269. The lowest BCUT2D eigenvalue weighted by molar-refractivity contribution is 0.00583. The highest BCUT2D eigenvalue weighted by molar-refractivity contribution is 5.26. The van der Waals surface area contributed by atoms with E-state index in [0.717, 1.165) is 35.8 Å². The summed E-state index contributed by atoms with van der Waals surface area (Å²) in [4.78, 5) is 0. The first-order chi connectivity index (χ1) is 13.1. The predicted molar refractivity (Wildman–Crippen MR) is 109 cm³/mol. The fourth-order valence-electron chi connectivity index (χ4n) is 6.48. The summed E-state index contributed by atoms with van der Waals surface area (Å²) in [5.41, 5.74) is 2.01. The topological polar surface area (TPSA) is 9.23 Å². The Hall–Kier alpha value is -0.890. The molecule has 4 unspecified atom stereocenters. The summed E-state index contributed by atoms with van der Waals surface area (Å²) in [5.74, 6) is 4.28. The molecule has 3 fully saturated rings. The fraction of sp³-hybridized carbons (Fsp3) is 0.760. The molecule has 0 N–H and O–H groups in total. The molecule has 0 amide bonds. The minimum absolute atomic E-state index is 0.0269. The normalized spacial score (nSPS) is 37.0. The van der Waals surface area contributed by atoms with Crippen molar-refractivity contribution in [2.75, 3.05) is 6.61 Å². The van der Waals surface area contributed by atoms with Crippen molar-refractivity contribution in [3.63, 3.8) is 0 Å². The lowest BCUT2D eigenvalue weighted by Gasteiger charge is -2.45. The van der Waals surface area contributed by atoms with E-state index in [1.807, 2.05) is 19.1 Å². The van der Waals surface area contributed by atoms with Gasteiger partial charge in [0, 0.05) is 6.61 Å². The van der Waals surface area contributed by atoms with Gasteiger partial charge in [-0.1, -0.05) is 12.1 Å². The highest BCUT2D eigenvalue weighted by Gasteiger charge is 2.39. The van der Waals surface area contributed by atoms with Gasteiger partial charge in [-0.25, -0.2) is 4.39 Å². The molecule has 2 heteroatoms. The Kier molecular flexibility index (Phi) is 6.21. The van der Waals surface area contributed by atoms with Crippen LogP contribution in [0.5, 0.6) is 0 Å². The molecule has 0 heterocycles. The van der Waals surface area contributed by atoms with E-state index in [1.165, 1.54) is 69.8 Å². The first-order valence-corrected chi connectivity index (χ1v) is 11.5. The summed E-state index contributed by atoms with van der Waals surface area (Å²) in [6.07, 6.45) is 14.1. The summed E-state index contributed by atoms with van der Waals surface area (Å²) in [7, 11) is 0. The van der Waals surface area contributed by atoms with Gasteiger partial charge in [0.1, 0.15) is 5.82 Å². The quantitative estimate of drug-likeness (QED) is 0.551. The number of aryl methyl sites for hydroxylation is 1. The number of benzene rings is 1. The smallest absolute Gasteiger partial charge is 0.126 e. The van der Waals surface area contributed by atoms with Crippen molar-refractivity contribution in [1.82, 2.24) is 0 Å². The van der Waals surface area contributed by atoms with Crippen LogP contribution in [0.4, 0.5) is 4.39 Å². The van der Waals surface area contributed by atoms with E-state index in [-0.39, 0.29) is 5.82 Å². The van der Waals surface area contributed by atoms with E-state index in [9.17, 15) is 4.39 Å². The minimum Gasteiger partial charge on any atom is -0.379 e. The lowest BCUT2D eigenvalue weighted by Crippen LogP contribution is -2.35. The van der Waals surface area contributed by atoms with Crippen LogP contribution in [0.25, 0.3) is 0 Å². The zero-order valence-corrected chi connectivity index (χ0v) is 17.3. The van der Waals surface area contributed by atoms with Gasteiger partial charge in [0.2, 0.25) is 0 Å². The second-order valence-electron chi connectivity index (χ2n) is 9.60. The van der Waals surface area contributed by atoms with Crippen molar-refractivity contribution in [1.29, 1.82) is 0 Å². The van der Waals surface area contributed by atoms with Gasteiger partial charge in [0.25, 0.3) is 0 Å². The number of rotatable bonds is 4. The average Bonchev–Trinajstić information content (AvgIpc) is 2.70. The molecule has 0 bridgehead atoms. The molecule has 0 spiro atoms. The molecule has 0 aliphatic heterocycles. The number of hydrogen-bond donors (Lipinski definition) is 0. The second-order valence-corrected chi connectivity index (χ2v) is 9.60. The van der Waals surface area contributed by atoms with E-state index in [2.05, 4.69) is 13.0 Å². The van der Waals surface area contributed by atoms with Crippen molar-refractivity contribution in [2.45, 2.75) is 90.1 Å². The molecule has 1 aromatic rings. The third-order valence-electron chi connectivity index (χ3n) is 8.11. The Balaban J connectivity index is 1.31. The Morgan fingerprint density at radius 2 is 1.48 bits per heavy atom. The monoisotopic (exact) mass is 372 g/mol. The average molecular weight is 373 g/mol. The standard InChI is InChI=1S/C25H37FO/c1-3-27-24-12-10-18(11-13-24)19-6-7-21-15-22(9-8-20(21)14-19)23-5-4-17(2)25(26)16-23/h4-5,16,18-22,24H,3,6-15H2,1-2H3. The lowest BCUT2D eigenvalue weighted by atomic mass is 9.60. The van der Waals surface area contributed by atoms with Crippen molar-refractivity contribution in [3.05, 3.63) is 35.1 Å². The van der Waals surface area contributed by atoms with Crippen LogP contribution in [0, 0.1) is 36.4 Å². The Morgan fingerprint density at radius 1 is 0.852 bits per heavy atom. The van der Waals surface area contributed by atoms with E-state index in [4.69, 9.17) is 4.74 Å². The van der Waals surface area contributed by atoms with Crippen LogP contribution >= 0.6 is 0 Å². The van der Waals surface area contributed by atoms with Gasteiger partial charge in [-0.3, -0.25) is 0 Å². The van der Waals surface area contributed by atoms with Crippen LogP contribution < -0.4 is 0 Å². The van der Waals surface area contributed by atoms with Crippen LogP contribution in [-0.4, -0.2) is 12.7 Å². The maximum absolute atomic E-state index is 14.0. The first-order valence-electron chi connectivity index (χ1n) is 11.5. The molecule has 0 aromatic heterocycles. The zero-order valence-electron chi connectivity index (χ0n) is 17.3. The number of ether oxygens (including phenoxy) is 1. The summed E-state index contributed by atoms with van der Waals surface area (Å²) < 4.78 is 19.8. The number of halogens is 1. The summed E-state index contributed by atoms with van der Waals surface area (Å²) in [6.45, 7) is 4.85. The van der Waals surface area contributed by atoms with Gasteiger partial charge in [-0.2, -0.15) is 0 Å². The maximum Gasteiger partial charge on any atom is 0.126 e. The van der Waals surface area contributed by atoms with E-state index in [0.29, 0.717) is 12.0 Å². The van der Waals surface area contributed by atoms with Crippen molar-refractivity contribution in [3.8, 4) is 0 Å². The molecule has 3 aliphatic carbocycles. The van der Waals surface area contributed by atoms with Crippen LogP contribution in [0.3, 0.4) is 0 Å². The van der Waals surface area contributed by atoms with E-state index in [1.54, 1.807) is 0 Å². The maximum atomic E-state index is 14.0. The van der Waals surface area contributed by atoms with Crippen LogP contribution in [0.2, 0.25) is 0 Å². The molecule has 1 aromatic carbocycles.